The van der Waals surface area contributed by atoms with Crippen molar-refractivity contribution in [2.45, 2.75) is 78.7 Å². The maximum Gasteiger partial charge on any atom is 0.306 e. The van der Waals surface area contributed by atoms with Crippen molar-refractivity contribution < 1.29 is 19.4 Å². The number of hydrogen-bond donors (Lipinski definition) is 2. The second-order valence-corrected chi connectivity index (χ2v) is 12.2. The number of aliphatic carboxylic acids is 1. The highest BCUT2D eigenvalue weighted by atomic mass is 35.5. The average molecular weight is 590 g/mol. The van der Waals surface area contributed by atoms with E-state index in [9.17, 15) is 14.7 Å². The van der Waals surface area contributed by atoms with E-state index < -0.39 is 5.97 Å². The van der Waals surface area contributed by atoms with Gasteiger partial charge < -0.3 is 15.2 Å². The molecule has 1 amide bonds. The fourth-order valence-electron chi connectivity index (χ4n) is 6.59. The van der Waals surface area contributed by atoms with Crippen LogP contribution in [0.15, 0.2) is 35.9 Å². The summed E-state index contributed by atoms with van der Waals surface area (Å²) in [6.45, 7) is 8.59. The van der Waals surface area contributed by atoms with Crippen LogP contribution in [0, 0.1) is 33.6 Å². The molecule has 42 heavy (non-hydrogen) atoms. The Morgan fingerprint density at radius 2 is 1.74 bits per heavy atom. The summed E-state index contributed by atoms with van der Waals surface area (Å²) in [6.07, 6.45) is 4.58. The average Bonchev–Trinajstić information content (AvgIpc) is 3.45. The van der Waals surface area contributed by atoms with Gasteiger partial charge in [-0.1, -0.05) is 29.8 Å². The summed E-state index contributed by atoms with van der Waals surface area (Å²) in [4.78, 5) is 25.2. The molecule has 2 aliphatic rings. The second kappa shape index (κ2) is 12.3. The molecule has 0 saturated heterocycles. The van der Waals surface area contributed by atoms with Crippen LogP contribution in [0.4, 0.5) is 0 Å². The molecule has 0 aliphatic heterocycles. The highest BCUT2D eigenvalue weighted by Crippen LogP contribution is 2.42. The molecular weight excluding hydrogens is 550 g/mol. The number of carboxylic acid groups (broad SMARTS) is 1. The van der Waals surface area contributed by atoms with Gasteiger partial charge in [0.2, 0.25) is 5.91 Å². The minimum atomic E-state index is -0.740. The van der Waals surface area contributed by atoms with E-state index in [1.807, 2.05) is 44.6 Å². The summed E-state index contributed by atoms with van der Waals surface area (Å²) < 4.78 is 8.01. The van der Waals surface area contributed by atoms with E-state index in [-0.39, 0.29) is 17.9 Å². The number of carboxylic acids is 1. The number of carbonyl (C=O) groups excluding carboxylic acids is 1. The molecule has 1 heterocycles. The quantitative estimate of drug-likeness (QED) is 0.265. The predicted molar refractivity (Wildman–Crippen MR) is 166 cm³/mol. The Morgan fingerprint density at radius 1 is 1.07 bits per heavy atom. The maximum atomic E-state index is 13.8. The maximum absolute atomic E-state index is 13.8. The van der Waals surface area contributed by atoms with Crippen molar-refractivity contribution in [2.75, 3.05) is 6.61 Å². The van der Waals surface area contributed by atoms with E-state index in [4.69, 9.17) is 16.3 Å². The number of ether oxygens (including phenoxy) is 1. The van der Waals surface area contributed by atoms with Gasteiger partial charge >= 0.3 is 5.97 Å². The van der Waals surface area contributed by atoms with Gasteiger partial charge in [0.1, 0.15) is 5.75 Å². The second-order valence-electron chi connectivity index (χ2n) is 11.8. The van der Waals surface area contributed by atoms with E-state index in [0.29, 0.717) is 45.1 Å². The Morgan fingerprint density at radius 3 is 2.36 bits per heavy atom. The standard InChI is InChI=1S/C34H40ClN3O4/c1-19-16-25(17-20(2)32(19)35)42-15-7-10-27-26-8-6-9-28(31-21(3)37-38(5)22(31)4)29(26)18-30(27)33(39)36-24-13-11-23(12-14-24)34(40)41/h6,8-9,16-17,23-24H,7,10-15,18H2,1-5H3,(H,36,39)(H,40,41). The van der Waals surface area contributed by atoms with Crippen molar-refractivity contribution in [2.24, 2.45) is 13.0 Å². The van der Waals surface area contributed by atoms with Crippen LogP contribution in [0.5, 0.6) is 5.75 Å². The van der Waals surface area contributed by atoms with E-state index in [0.717, 1.165) is 73.1 Å². The third kappa shape index (κ3) is 5.98. The van der Waals surface area contributed by atoms with E-state index in [2.05, 4.69) is 35.5 Å². The first-order valence-electron chi connectivity index (χ1n) is 14.8. The third-order valence-electron chi connectivity index (χ3n) is 8.93. The molecule has 0 radical (unpaired) electrons. The Balaban J connectivity index is 1.38. The number of amides is 1. The van der Waals surface area contributed by atoms with Gasteiger partial charge in [0, 0.05) is 41.4 Å². The van der Waals surface area contributed by atoms with E-state index in [1.165, 1.54) is 0 Å². The van der Waals surface area contributed by atoms with Crippen LogP contribution in [-0.2, 0) is 23.1 Å². The number of allylic oxidation sites excluding steroid dienone is 1. The van der Waals surface area contributed by atoms with Crippen LogP contribution in [0.3, 0.4) is 0 Å². The van der Waals surface area contributed by atoms with Crippen molar-refractivity contribution in [3.63, 3.8) is 0 Å². The van der Waals surface area contributed by atoms with Crippen molar-refractivity contribution in [3.8, 4) is 16.9 Å². The number of carbonyl (C=O) groups is 2. The molecular formula is C34H40ClN3O4. The summed E-state index contributed by atoms with van der Waals surface area (Å²) in [5, 5.41) is 18.0. The molecule has 1 fully saturated rings. The highest BCUT2D eigenvalue weighted by molar-refractivity contribution is 6.32. The Kier molecular flexibility index (Phi) is 8.78. The Hall–Kier alpha value is -3.58. The zero-order valence-electron chi connectivity index (χ0n) is 25.1. The summed E-state index contributed by atoms with van der Waals surface area (Å²) in [5.41, 5.74) is 10.4. The van der Waals surface area contributed by atoms with Gasteiger partial charge in [-0.05, 0) is 112 Å². The largest absolute Gasteiger partial charge is 0.494 e. The zero-order valence-corrected chi connectivity index (χ0v) is 25.9. The van der Waals surface area contributed by atoms with Crippen molar-refractivity contribution in [3.05, 3.63) is 74.6 Å². The van der Waals surface area contributed by atoms with Gasteiger partial charge in [-0.25, -0.2) is 0 Å². The lowest BCUT2D eigenvalue weighted by Crippen LogP contribution is -2.39. The summed E-state index contributed by atoms with van der Waals surface area (Å²) >= 11 is 6.33. The van der Waals surface area contributed by atoms with Gasteiger partial charge in [0.25, 0.3) is 0 Å². The number of nitrogens with one attached hydrogen (secondary N) is 1. The number of rotatable bonds is 9. The molecule has 2 aromatic carbocycles. The predicted octanol–water partition coefficient (Wildman–Crippen LogP) is 6.90. The molecule has 2 aliphatic carbocycles. The van der Waals surface area contributed by atoms with E-state index in [1.54, 1.807) is 0 Å². The summed E-state index contributed by atoms with van der Waals surface area (Å²) in [7, 11) is 1.96. The molecule has 222 valence electrons. The van der Waals surface area contributed by atoms with Gasteiger partial charge in [-0.3, -0.25) is 14.3 Å². The number of aromatic nitrogens is 2. The van der Waals surface area contributed by atoms with Crippen LogP contribution < -0.4 is 10.1 Å². The summed E-state index contributed by atoms with van der Waals surface area (Å²) in [6, 6.07) is 10.2. The molecule has 1 aromatic heterocycles. The van der Waals surface area contributed by atoms with Crippen LogP contribution in [0.1, 0.15) is 72.2 Å². The van der Waals surface area contributed by atoms with Crippen LogP contribution in [0.25, 0.3) is 16.7 Å². The van der Waals surface area contributed by atoms with Gasteiger partial charge in [0.05, 0.1) is 18.2 Å². The molecule has 0 spiro atoms. The molecule has 7 nitrogen and oxygen atoms in total. The molecule has 8 heteroatoms. The van der Waals surface area contributed by atoms with Crippen molar-refractivity contribution in [1.29, 1.82) is 0 Å². The number of nitrogens with zero attached hydrogens (tertiary/aromatic N) is 2. The topological polar surface area (TPSA) is 93.4 Å². The zero-order chi connectivity index (χ0) is 30.1. The molecule has 0 atom stereocenters. The SMILES string of the molecule is Cc1cc(OCCCC2=C(C(=O)NC3CCC(C(=O)O)CC3)Cc3c2cccc3-c2c(C)nn(C)c2C)cc(C)c1Cl. The molecule has 5 rings (SSSR count). The Labute approximate surface area is 252 Å². The molecule has 1 saturated carbocycles. The van der Waals surface area contributed by atoms with Crippen LogP contribution in [0.2, 0.25) is 5.02 Å². The lowest BCUT2D eigenvalue weighted by atomic mass is 9.86. The first-order valence-corrected chi connectivity index (χ1v) is 15.2. The first kappa shape index (κ1) is 29.9. The first-order chi connectivity index (χ1) is 20.0. The Bertz CT molecular complexity index is 1540. The van der Waals surface area contributed by atoms with Gasteiger partial charge in [-0.2, -0.15) is 5.10 Å². The smallest absolute Gasteiger partial charge is 0.306 e. The van der Waals surface area contributed by atoms with Crippen molar-refractivity contribution >= 4 is 29.1 Å². The van der Waals surface area contributed by atoms with Crippen LogP contribution in [-0.4, -0.2) is 39.4 Å². The number of benzene rings is 2. The molecule has 2 N–H and O–H groups in total. The molecule has 0 unspecified atom stereocenters. The molecule has 3 aromatic rings. The minimum Gasteiger partial charge on any atom is -0.494 e. The number of halogens is 1. The fourth-order valence-corrected chi connectivity index (χ4v) is 6.70. The number of fused-ring (bicyclic) bond motifs is 1. The van der Waals surface area contributed by atoms with Gasteiger partial charge in [-0.15, -0.1) is 0 Å². The van der Waals surface area contributed by atoms with Gasteiger partial charge in [0.15, 0.2) is 0 Å². The van der Waals surface area contributed by atoms with E-state index >= 15 is 0 Å². The summed E-state index contributed by atoms with van der Waals surface area (Å²) in [5.74, 6) is -0.300. The highest BCUT2D eigenvalue weighted by Gasteiger charge is 2.32. The molecule has 0 bridgehead atoms. The minimum absolute atomic E-state index is 0.00689. The lowest BCUT2D eigenvalue weighted by molar-refractivity contribution is -0.142. The monoisotopic (exact) mass is 589 g/mol. The lowest BCUT2D eigenvalue weighted by Gasteiger charge is -2.27. The number of hydrogen-bond acceptors (Lipinski definition) is 4. The van der Waals surface area contributed by atoms with Crippen molar-refractivity contribution in [1.82, 2.24) is 15.1 Å². The third-order valence-corrected chi connectivity index (χ3v) is 9.53. The van der Waals surface area contributed by atoms with Crippen LogP contribution >= 0.6 is 11.6 Å². The normalized spacial score (nSPS) is 18.2. The number of aryl methyl sites for hydroxylation is 4. The fraction of sp³-hybridized carbons (Fsp3) is 0.441.